The Balaban J connectivity index is 1.66. The first-order chi connectivity index (χ1) is 13.6. The number of para-hydroxylation sites is 1. The summed E-state index contributed by atoms with van der Waals surface area (Å²) in [5, 5.41) is 5.76. The van der Waals surface area contributed by atoms with Gasteiger partial charge in [0.1, 0.15) is 5.75 Å². The molecular formula is C22H27N3O3. The van der Waals surface area contributed by atoms with Gasteiger partial charge in [-0.1, -0.05) is 18.6 Å². The van der Waals surface area contributed by atoms with Crippen molar-refractivity contribution in [1.29, 1.82) is 0 Å². The third-order valence-electron chi connectivity index (χ3n) is 5.08. The number of nitrogens with zero attached hydrogens (tertiary/aromatic N) is 1. The maximum atomic E-state index is 12.7. The second kappa shape index (κ2) is 9.37. The molecule has 1 aliphatic heterocycles. The van der Waals surface area contributed by atoms with Gasteiger partial charge in [-0.25, -0.2) is 0 Å². The Morgan fingerprint density at radius 2 is 1.82 bits per heavy atom. The van der Waals surface area contributed by atoms with Crippen LogP contribution in [0, 0.1) is 0 Å². The van der Waals surface area contributed by atoms with E-state index in [4.69, 9.17) is 4.74 Å². The highest BCUT2D eigenvalue weighted by Gasteiger charge is 2.21. The number of piperidine rings is 1. The number of carbonyl (C=O) groups is 2. The summed E-state index contributed by atoms with van der Waals surface area (Å²) in [7, 11) is 1.59. The van der Waals surface area contributed by atoms with E-state index in [1.54, 1.807) is 49.6 Å². The Hall–Kier alpha value is -2.86. The van der Waals surface area contributed by atoms with Crippen LogP contribution < -0.4 is 15.4 Å². The highest BCUT2D eigenvalue weighted by atomic mass is 16.5. The van der Waals surface area contributed by atoms with Gasteiger partial charge in [0.25, 0.3) is 5.91 Å². The molecule has 2 aromatic carbocycles. The van der Waals surface area contributed by atoms with Gasteiger partial charge in [0.05, 0.1) is 24.9 Å². The van der Waals surface area contributed by atoms with Gasteiger partial charge >= 0.3 is 0 Å². The predicted octanol–water partition coefficient (Wildman–Crippen LogP) is 3.76. The highest BCUT2D eigenvalue weighted by molar-refractivity contribution is 6.10. The van der Waals surface area contributed by atoms with Crippen molar-refractivity contribution in [3.8, 4) is 5.75 Å². The third-order valence-corrected chi connectivity index (χ3v) is 5.08. The number of ether oxygens (including phenoxy) is 1. The van der Waals surface area contributed by atoms with E-state index in [1.165, 1.54) is 6.42 Å². The standard InChI is InChI=1S/C22H27N3O3/c1-16-7-5-6-14-25(16)15-21(26)24-20-9-4-3-8-19(20)22(27)23-17-10-12-18(28-2)13-11-17/h3-4,8-13,16H,5-7,14-15H2,1-2H3,(H,23,27)(H,24,26)/t16-/m1/s1. The molecule has 0 bridgehead atoms. The molecule has 6 nitrogen and oxygen atoms in total. The molecule has 0 saturated carbocycles. The minimum absolute atomic E-state index is 0.0987. The lowest BCUT2D eigenvalue weighted by molar-refractivity contribution is -0.118. The molecule has 1 heterocycles. The van der Waals surface area contributed by atoms with E-state index in [1.807, 2.05) is 6.07 Å². The Morgan fingerprint density at radius 1 is 1.07 bits per heavy atom. The molecule has 2 N–H and O–H groups in total. The summed E-state index contributed by atoms with van der Waals surface area (Å²) in [6.07, 6.45) is 3.46. The van der Waals surface area contributed by atoms with Gasteiger partial charge in [0, 0.05) is 11.7 Å². The monoisotopic (exact) mass is 381 g/mol. The van der Waals surface area contributed by atoms with E-state index >= 15 is 0 Å². The summed E-state index contributed by atoms with van der Waals surface area (Å²) in [5.74, 6) is 0.350. The van der Waals surface area contributed by atoms with Crippen molar-refractivity contribution in [2.24, 2.45) is 0 Å². The van der Waals surface area contributed by atoms with Crippen LogP contribution in [0.2, 0.25) is 0 Å². The second-order valence-electron chi connectivity index (χ2n) is 7.09. The fraction of sp³-hybridized carbons (Fsp3) is 0.364. The molecular weight excluding hydrogens is 354 g/mol. The van der Waals surface area contributed by atoms with Crippen LogP contribution in [0.3, 0.4) is 0 Å². The number of hydrogen-bond donors (Lipinski definition) is 2. The largest absolute Gasteiger partial charge is 0.497 e. The van der Waals surface area contributed by atoms with Crippen LogP contribution in [0.5, 0.6) is 5.75 Å². The first-order valence-corrected chi connectivity index (χ1v) is 9.65. The molecule has 28 heavy (non-hydrogen) atoms. The van der Waals surface area contributed by atoms with Gasteiger partial charge in [-0.15, -0.1) is 0 Å². The molecule has 0 aliphatic carbocycles. The lowest BCUT2D eigenvalue weighted by atomic mass is 10.0. The van der Waals surface area contributed by atoms with Crippen LogP contribution in [0.4, 0.5) is 11.4 Å². The zero-order valence-corrected chi connectivity index (χ0v) is 16.4. The number of nitrogens with one attached hydrogen (secondary N) is 2. The molecule has 1 atom stereocenters. The molecule has 0 unspecified atom stereocenters. The minimum Gasteiger partial charge on any atom is -0.497 e. The number of rotatable bonds is 6. The van der Waals surface area contributed by atoms with Crippen molar-refractivity contribution in [3.63, 3.8) is 0 Å². The Kier molecular flexibility index (Phi) is 6.66. The van der Waals surface area contributed by atoms with Crippen LogP contribution in [-0.2, 0) is 4.79 Å². The number of hydrogen-bond acceptors (Lipinski definition) is 4. The van der Waals surface area contributed by atoms with Gasteiger partial charge in [-0.3, -0.25) is 14.5 Å². The molecule has 0 radical (unpaired) electrons. The molecule has 2 aromatic rings. The quantitative estimate of drug-likeness (QED) is 0.799. The number of benzene rings is 2. The number of likely N-dealkylation sites (tertiary alicyclic amines) is 1. The Labute approximate surface area is 165 Å². The highest BCUT2D eigenvalue weighted by Crippen LogP contribution is 2.20. The van der Waals surface area contributed by atoms with Gasteiger partial charge in [-0.2, -0.15) is 0 Å². The second-order valence-corrected chi connectivity index (χ2v) is 7.09. The van der Waals surface area contributed by atoms with Crippen LogP contribution >= 0.6 is 0 Å². The van der Waals surface area contributed by atoms with Crippen molar-refractivity contribution < 1.29 is 14.3 Å². The zero-order valence-electron chi connectivity index (χ0n) is 16.4. The van der Waals surface area contributed by atoms with Gasteiger partial charge in [0.15, 0.2) is 0 Å². The first kappa shape index (κ1) is 19.9. The molecule has 0 spiro atoms. The normalized spacial score (nSPS) is 17.0. The van der Waals surface area contributed by atoms with Crippen LogP contribution in [-0.4, -0.2) is 43.0 Å². The average molecular weight is 381 g/mol. The zero-order chi connectivity index (χ0) is 19.9. The summed E-state index contributed by atoms with van der Waals surface area (Å²) >= 11 is 0. The summed E-state index contributed by atoms with van der Waals surface area (Å²) in [6, 6.07) is 14.6. The van der Waals surface area contributed by atoms with Gasteiger partial charge < -0.3 is 15.4 Å². The predicted molar refractivity (Wildman–Crippen MR) is 111 cm³/mol. The smallest absolute Gasteiger partial charge is 0.257 e. The van der Waals surface area contributed by atoms with Crippen molar-refractivity contribution in [2.75, 3.05) is 30.8 Å². The van der Waals surface area contributed by atoms with Crippen molar-refractivity contribution in [2.45, 2.75) is 32.2 Å². The van der Waals surface area contributed by atoms with E-state index in [2.05, 4.69) is 22.5 Å². The van der Waals surface area contributed by atoms with Gasteiger partial charge in [-0.05, 0) is 62.7 Å². The Morgan fingerprint density at radius 3 is 2.54 bits per heavy atom. The van der Waals surface area contributed by atoms with Crippen LogP contribution in [0.15, 0.2) is 48.5 Å². The average Bonchev–Trinajstić information content (AvgIpc) is 2.70. The van der Waals surface area contributed by atoms with E-state index in [9.17, 15) is 9.59 Å². The lowest BCUT2D eigenvalue weighted by Crippen LogP contribution is -2.42. The van der Waals surface area contributed by atoms with E-state index < -0.39 is 0 Å². The molecule has 0 aromatic heterocycles. The van der Waals surface area contributed by atoms with Crippen molar-refractivity contribution >= 4 is 23.2 Å². The fourth-order valence-electron chi connectivity index (χ4n) is 3.43. The third kappa shape index (κ3) is 5.10. The summed E-state index contributed by atoms with van der Waals surface area (Å²) in [6.45, 7) is 3.44. The maximum Gasteiger partial charge on any atom is 0.257 e. The number of anilines is 2. The van der Waals surface area contributed by atoms with Gasteiger partial charge in [0.2, 0.25) is 5.91 Å². The molecule has 148 valence electrons. The van der Waals surface area contributed by atoms with Crippen molar-refractivity contribution in [1.82, 2.24) is 4.90 Å². The van der Waals surface area contributed by atoms with E-state index in [0.717, 1.165) is 25.1 Å². The van der Waals surface area contributed by atoms with Crippen LogP contribution in [0.25, 0.3) is 0 Å². The van der Waals surface area contributed by atoms with E-state index in [0.29, 0.717) is 29.5 Å². The topological polar surface area (TPSA) is 70.7 Å². The summed E-state index contributed by atoms with van der Waals surface area (Å²) < 4.78 is 5.13. The molecule has 1 fully saturated rings. The number of carbonyl (C=O) groups excluding carboxylic acids is 2. The molecule has 3 rings (SSSR count). The minimum atomic E-state index is -0.271. The molecule has 2 amide bonds. The Bertz CT molecular complexity index is 820. The number of methoxy groups -OCH3 is 1. The fourth-order valence-corrected chi connectivity index (χ4v) is 3.43. The molecule has 1 saturated heterocycles. The summed E-state index contributed by atoms with van der Waals surface area (Å²) in [5.41, 5.74) is 1.61. The maximum absolute atomic E-state index is 12.7. The SMILES string of the molecule is COc1ccc(NC(=O)c2ccccc2NC(=O)CN2CCCC[C@H]2C)cc1. The first-order valence-electron chi connectivity index (χ1n) is 9.65. The molecule has 1 aliphatic rings. The van der Waals surface area contributed by atoms with Crippen molar-refractivity contribution in [3.05, 3.63) is 54.1 Å². The summed E-state index contributed by atoms with van der Waals surface area (Å²) in [4.78, 5) is 27.4. The molecule has 6 heteroatoms. The van der Waals surface area contributed by atoms with E-state index in [-0.39, 0.29) is 11.8 Å². The lowest BCUT2D eigenvalue weighted by Gasteiger charge is -2.32. The van der Waals surface area contributed by atoms with Crippen LogP contribution in [0.1, 0.15) is 36.5 Å². The number of amides is 2.